The maximum atomic E-state index is 12.9. The van der Waals surface area contributed by atoms with Gasteiger partial charge < -0.3 is 4.74 Å². The Labute approximate surface area is 115 Å². The van der Waals surface area contributed by atoms with Crippen LogP contribution in [0.2, 0.25) is 0 Å². The predicted octanol–water partition coefficient (Wildman–Crippen LogP) is 1.82. The summed E-state index contributed by atoms with van der Waals surface area (Å²) in [5.74, 6) is -0.454. The van der Waals surface area contributed by atoms with Gasteiger partial charge in [0.2, 0.25) is 10.0 Å². The predicted molar refractivity (Wildman–Crippen MR) is 70.9 cm³/mol. The van der Waals surface area contributed by atoms with Crippen molar-refractivity contribution in [2.24, 2.45) is 0 Å². The minimum absolute atomic E-state index is 0.0843. The second-order valence-corrected chi connectivity index (χ2v) is 6.84. The van der Waals surface area contributed by atoms with Gasteiger partial charge in [-0.1, -0.05) is 15.9 Å². The zero-order chi connectivity index (χ0) is 13.8. The molecule has 102 valence electrons. The SMILES string of the molecule is COCC(Br)CNS(=O)(=O)c1ccc(F)cc1C. The van der Waals surface area contributed by atoms with Crippen LogP contribution >= 0.6 is 15.9 Å². The molecule has 1 atom stereocenters. The Kier molecular flexibility index (Phi) is 5.71. The summed E-state index contributed by atoms with van der Waals surface area (Å²) in [6.07, 6.45) is 0. The van der Waals surface area contributed by atoms with Gasteiger partial charge in [-0.3, -0.25) is 0 Å². The third-order valence-electron chi connectivity index (χ3n) is 2.27. The molecule has 18 heavy (non-hydrogen) atoms. The first-order chi connectivity index (χ1) is 8.36. The molecule has 1 N–H and O–H groups in total. The largest absolute Gasteiger partial charge is 0.383 e. The molecular formula is C11H15BrFNO3S. The number of hydrogen-bond donors (Lipinski definition) is 1. The van der Waals surface area contributed by atoms with Crippen molar-refractivity contribution >= 4 is 26.0 Å². The summed E-state index contributed by atoms with van der Waals surface area (Å²) in [7, 11) is -2.09. The summed E-state index contributed by atoms with van der Waals surface area (Å²) in [6, 6.07) is 3.57. The molecule has 0 saturated carbocycles. The molecule has 0 spiro atoms. The Morgan fingerprint density at radius 2 is 2.17 bits per heavy atom. The van der Waals surface area contributed by atoms with E-state index in [0.29, 0.717) is 12.2 Å². The van der Waals surface area contributed by atoms with Crippen LogP contribution in [0.4, 0.5) is 4.39 Å². The molecule has 0 fully saturated rings. The third kappa shape index (κ3) is 4.31. The summed E-state index contributed by atoms with van der Waals surface area (Å²) in [5.41, 5.74) is 0.375. The fourth-order valence-corrected chi connectivity index (χ4v) is 3.38. The van der Waals surface area contributed by atoms with Gasteiger partial charge in [0.1, 0.15) is 5.82 Å². The number of sulfonamides is 1. The topological polar surface area (TPSA) is 55.4 Å². The highest BCUT2D eigenvalue weighted by Gasteiger charge is 2.18. The van der Waals surface area contributed by atoms with Gasteiger partial charge in [-0.15, -0.1) is 0 Å². The van der Waals surface area contributed by atoms with E-state index in [9.17, 15) is 12.8 Å². The molecule has 0 heterocycles. The number of alkyl halides is 1. The van der Waals surface area contributed by atoms with Crippen LogP contribution in [0, 0.1) is 12.7 Å². The molecule has 0 aliphatic carbocycles. The van der Waals surface area contributed by atoms with Crippen LogP contribution in [0.15, 0.2) is 23.1 Å². The minimum Gasteiger partial charge on any atom is -0.383 e. The van der Waals surface area contributed by atoms with Crippen molar-refractivity contribution in [3.05, 3.63) is 29.6 Å². The average Bonchev–Trinajstić information content (AvgIpc) is 2.26. The molecule has 0 aliphatic heterocycles. The summed E-state index contributed by atoms with van der Waals surface area (Å²) in [6.45, 7) is 2.15. The standard InChI is InChI=1S/C11H15BrFNO3S/c1-8-5-10(13)3-4-11(8)18(15,16)14-6-9(12)7-17-2/h3-5,9,14H,6-7H2,1-2H3. The molecule has 0 amide bonds. The lowest BCUT2D eigenvalue weighted by Gasteiger charge is -2.12. The first kappa shape index (κ1) is 15.6. The summed E-state index contributed by atoms with van der Waals surface area (Å²) in [5, 5.41) is 0. The lowest BCUT2D eigenvalue weighted by molar-refractivity contribution is 0.201. The van der Waals surface area contributed by atoms with Crippen LogP contribution < -0.4 is 4.72 Å². The van der Waals surface area contributed by atoms with Gasteiger partial charge in [-0.05, 0) is 30.7 Å². The van der Waals surface area contributed by atoms with Crippen molar-refractivity contribution < 1.29 is 17.5 Å². The number of benzene rings is 1. The smallest absolute Gasteiger partial charge is 0.240 e. The summed E-state index contributed by atoms with van der Waals surface area (Å²) < 4.78 is 44.2. The van der Waals surface area contributed by atoms with Gasteiger partial charge in [0, 0.05) is 13.7 Å². The molecule has 0 aromatic heterocycles. The monoisotopic (exact) mass is 339 g/mol. The molecule has 0 aliphatic rings. The lowest BCUT2D eigenvalue weighted by Crippen LogP contribution is -2.31. The zero-order valence-corrected chi connectivity index (χ0v) is 12.5. The maximum absolute atomic E-state index is 12.9. The Balaban J connectivity index is 2.80. The molecule has 0 saturated heterocycles. The quantitative estimate of drug-likeness (QED) is 0.804. The molecule has 0 bridgehead atoms. The molecule has 1 aromatic carbocycles. The molecule has 4 nitrogen and oxygen atoms in total. The van der Waals surface area contributed by atoms with E-state index in [1.165, 1.54) is 19.2 Å². The lowest BCUT2D eigenvalue weighted by atomic mass is 10.2. The van der Waals surface area contributed by atoms with Gasteiger partial charge in [0.25, 0.3) is 0 Å². The summed E-state index contributed by atoms with van der Waals surface area (Å²) >= 11 is 3.28. The molecule has 1 aromatic rings. The van der Waals surface area contributed by atoms with Crippen LogP contribution in [0.3, 0.4) is 0 Å². The number of hydrogen-bond acceptors (Lipinski definition) is 3. The van der Waals surface area contributed by atoms with Crippen molar-refractivity contribution in [3.63, 3.8) is 0 Å². The maximum Gasteiger partial charge on any atom is 0.240 e. The second-order valence-electron chi connectivity index (χ2n) is 3.81. The van der Waals surface area contributed by atoms with Gasteiger partial charge in [0.15, 0.2) is 0 Å². The second kappa shape index (κ2) is 6.60. The van der Waals surface area contributed by atoms with Gasteiger partial charge in [0.05, 0.1) is 16.3 Å². The number of methoxy groups -OCH3 is 1. The Bertz CT molecular complexity index is 507. The molecule has 1 unspecified atom stereocenters. The van der Waals surface area contributed by atoms with E-state index in [4.69, 9.17) is 4.74 Å². The van der Waals surface area contributed by atoms with E-state index in [1.807, 2.05) is 0 Å². The van der Waals surface area contributed by atoms with E-state index in [2.05, 4.69) is 20.7 Å². The normalized spacial score (nSPS) is 13.6. The average molecular weight is 340 g/mol. The number of rotatable bonds is 6. The Morgan fingerprint density at radius 3 is 2.72 bits per heavy atom. The van der Waals surface area contributed by atoms with Crippen LogP contribution in [0.1, 0.15) is 5.56 Å². The van der Waals surface area contributed by atoms with E-state index >= 15 is 0 Å². The van der Waals surface area contributed by atoms with Crippen molar-refractivity contribution in [1.82, 2.24) is 4.72 Å². The minimum atomic E-state index is -3.62. The Morgan fingerprint density at radius 1 is 1.50 bits per heavy atom. The van der Waals surface area contributed by atoms with Crippen LogP contribution in [-0.4, -0.2) is 33.5 Å². The number of halogens is 2. The van der Waals surface area contributed by atoms with Crippen molar-refractivity contribution in [1.29, 1.82) is 0 Å². The molecule has 0 radical (unpaired) electrons. The molecule has 1 rings (SSSR count). The fraction of sp³-hybridized carbons (Fsp3) is 0.455. The van der Waals surface area contributed by atoms with E-state index in [0.717, 1.165) is 6.07 Å². The first-order valence-corrected chi connectivity index (χ1v) is 7.65. The molecule has 7 heteroatoms. The number of nitrogens with one attached hydrogen (secondary N) is 1. The van der Waals surface area contributed by atoms with Crippen molar-refractivity contribution in [3.8, 4) is 0 Å². The van der Waals surface area contributed by atoms with Crippen LogP contribution in [0.25, 0.3) is 0 Å². The number of aryl methyl sites for hydroxylation is 1. The zero-order valence-electron chi connectivity index (χ0n) is 10.1. The Hall–Kier alpha value is -0.500. The highest BCUT2D eigenvalue weighted by molar-refractivity contribution is 9.09. The van der Waals surface area contributed by atoms with Crippen molar-refractivity contribution in [2.75, 3.05) is 20.3 Å². The van der Waals surface area contributed by atoms with Crippen LogP contribution in [0.5, 0.6) is 0 Å². The van der Waals surface area contributed by atoms with E-state index in [-0.39, 0.29) is 16.3 Å². The van der Waals surface area contributed by atoms with Gasteiger partial charge in [-0.2, -0.15) is 0 Å². The first-order valence-electron chi connectivity index (χ1n) is 5.25. The van der Waals surface area contributed by atoms with Crippen LogP contribution in [-0.2, 0) is 14.8 Å². The van der Waals surface area contributed by atoms with Gasteiger partial charge in [-0.25, -0.2) is 17.5 Å². The molecular weight excluding hydrogens is 325 g/mol. The van der Waals surface area contributed by atoms with E-state index in [1.54, 1.807) is 6.92 Å². The highest BCUT2D eigenvalue weighted by atomic mass is 79.9. The number of ether oxygens (including phenoxy) is 1. The van der Waals surface area contributed by atoms with Crippen molar-refractivity contribution in [2.45, 2.75) is 16.6 Å². The van der Waals surface area contributed by atoms with Gasteiger partial charge >= 0.3 is 0 Å². The third-order valence-corrected chi connectivity index (χ3v) is 4.44. The fourth-order valence-electron chi connectivity index (χ4n) is 1.43. The van der Waals surface area contributed by atoms with E-state index < -0.39 is 15.8 Å². The summed E-state index contributed by atoms with van der Waals surface area (Å²) in [4.78, 5) is -0.0287. The highest BCUT2D eigenvalue weighted by Crippen LogP contribution is 2.16.